The Balaban J connectivity index is 2.12. The molecule has 22 heavy (non-hydrogen) atoms. The van der Waals surface area contributed by atoms with E-state index in [0.717, 1.165) is 11.1 Å². The molecule has 0 aliphatic heterocycles. The highest BCUT2D eigenvalue weighted by molar-refractivity contribution is 5.90. The Labute approximate surface area is 131 Å². The maximum Gasteiger partial charge on any atom is 0.289 e. The second kappa shape index (κ2) is 6.40. The van der Waals surface area contributed by atoms with Gasteiger partial charge in [-0.3, -0.25) is 4.79 Å². The fourth-order valence-electron chi connectivity index (χ4n) is 1.77. The lowest BCUT2D eigenvalue weighted by molar-refractivity contribution is 0.0908. The molecule has 4 heteroatoms. The van der Waals surface area contributed by atoms with E-state index in [1.165, 1.54) is 0 Å². The average molecular weight is 293 g/mol. The maximum absolute atomic E-state index is 11.9. The first-order chi connectivity index (χ1) is 10.3. The third-order valence-corrected chi connectivity index (χ3v) is 2.71. The first-order valence-electron chi connectivity index (χ1n) is 7.07. The first-order valence-corrected chi connectivity index (χ1v) is 7.07. The molecule has 0 bridgehead atoms. The van der Waals surface area contributed by atoms with Gasteiger partial charge in [0.2, 0.25) is 5.82 Å². The van der Waals surface area contributed by atoms with Crippen LogP contribution in [0.5, 0.6) is 0 Å². The summed E-state index contributed by atoms with van der Waals surface area (Å²) in [5, 5.41) is 2.82. The van der Waals surface area contributed by atoms with Gasteiger partial charge < -0.3 is 5.32 Å². The van der Waals surface area contributed by atoms with Gasteiger partial charge in [0, 0.05) is 23.5 Å². The predicted octanol–water partition coefficient (Wildman–Crippen LogP) is 2.71. The number of benzene rings is 1. The van der Waals surface area contributed by atoms with Crippen LogP contribution in [0.1, 0.15) is 48.1 Å². The van der Waals surface area contributed by atoms with Crippen LogP contribution < -0.4 is 5.32 Å². The third-order valence-electron chi connectivity index (χ3n) is 2.71. The SMILES string of the molecule is Cc1cccc(C#Cc2cnc(C(=O)NC(C)(C)C)nc2)c1. The van der Waals surface area contributed by atoms with E-state index in [-0.39, 0.29) is 17.3 Å². The second-order valence-electron chi connectivity index (χ2n) is 6.12. The Morgan fingerprint density at radius 3 is 2.32 bits per heavy atom. The highest BCUT2D eigenvalue weighted by atomic mass is 16.2. The Bertz CT molecular complexity index is 731. The summed E-state index contributed by atoms with van der Waals surface area (Å²) in [7, 11) is 0. The molecular weight excluding hydrogens is 274 g/mol. The molecule has 0 unspecified atom stereocenters. The highest BCUT2D eigenvalue weighted by Crippen LogP contribution is 2.04. The lowest BCUT2D eigenvalue weighted by atomic mass is 10.1. The van der Waals surface area contributed by atoms with E-state index in [0.29, 0.717) is 5.56 Å². The van der Waals surface area contributed by atoms with Crippen molar-refractivity contribution in [1.82, 2.24) is 15.3 Å². The van der Waals surface area contributed by atoms with Crippen LogP contribution in [0.3, 0.4) is 0 Å². The summed E-state index contributed by atoms with van der Waals surface area (Å²) in [6.45, 7) is 7.75. The van der Waals surface area contributed by atoms with Crippen LogP contribution in [0.2, 0.25) is 0 Å². The smallest absolute Gasteiger partial charge is 0.289 e. The Kier molecular flexibility index (Phi) is 4.57. The monoisotopic (exact) mass is 293 g/mol. The minimum atomic E-state index is -0.315. The zero-order chi connectivity index (χ0) is 16.2. The summed E-state index contributed by atoms with van der Waals surface area (Å²) < 4.78 is 0. The Morgan fingerprint density at radius 1 is 1.09 bits per heavy atom. The van der Waals surface area contributed by atoms with Crippen LogP contribution in [-0.2, 0) is 0 Å². The molecule has 1 amide bonds. The topological polar surface area (TPSA) is 54.9 Å². The van der Waals surface area contributed by atoms with Gasteiger partial charge in [0.15, 0.2) is 0 Å². The van der Waals surface area contributed by atoms with Crippen molar-refractivity contribution in [2.75, 3.05) is 0 Å². The van der Waals surface area contributed by atoms with E-state index in [1.54, 1.807) is 12.4 Å². The van der Waals surface area contributed by atoms with Crippen LogP contribution in [0.25, 0.3) is 0 Å². The molecule has 0 aliphatic rings. The van der Waals surface area contributed by atoms with Crippen LogP contribution in [-0.4, -0.2) is 21.4 Å². The van der Waals surface area contributed by atoms with Gasteiger partial charge in [0.1, 0.15) is 0 Å². The summed E-state index contributed by atoms with van der Waals surface area (Å²) in [6.07, 6.45) is 3.13. The molecule has 1 aromatic carbocycles. The third kappa shape index (κ3) is 4.71. The summed E-state index contributed by atoms with van der Waals surface area (Å²) in [5.74, 6) is 5.92. The van der Waals surface area contributed by atoms with Gasteiger partial charge in [-0.25, -0.2) is 9.97 Å². The fraction of sp³-hybridized carbons (Fsp3) is 0.278. The van der Waals surface area contributed by atoms with Crippen LogP contribution in [0, 0.1) is 18.8 Å². The summed E-state index contributed by atoms with van der Waals surface area (Å²) in [4.78, 5) is 20.1. The minimum absolute atomic E-state index is 0.149. The summed E-state index contributed by atoms with van der Waals surface area (Å²) in [6, 6.07) is 7.96. The average Bonchev–Trinajstić information content (AvgIpc) is 2.44. The second-order valence-corrected chi connectivity index (χ2v) is 6.12. The number of hydrogen-bond acceptors (Lipinski definition) is 3. The Morgan fingerprint density at radius 2 is 1.73 bits per heavy atom. The molecule has 0 aliphatic carbocycles. The fourth-order valence-corrected chi connectivity index (χ4v) is 1.77. The number of nitrogens with one attached hydrogen (secondary N) is 1. The molecule has 0 saturated heterocycles. The number of amides is 1. The van der Waals surface area contributed by atoms with E-state index in [1.807, 2.05) is 52.0 Å². The number of aromatic nitrogens is 2. The lowest BCUT2D eigenvalue weighted by Crippen LogP contribution is -2.41. The van der Waals surface area contributed by atoms with E-state index < -0.39 is 0 Å². The molecule has 2 aromatic rings. The highest BCUT2D eigenvalue weighted by Gasteiger charge is 2.16. The number of rotatable bonds is 1. The van der Waals surface area contributed by atoms with E-state index in [2.05, 4.69) is 27.1 Å². The number of aryl methyl sites for hydroxylation is 1. The molecule has 112 valence electrons. The number of carbonyl (C=O) groups excluding carboxylic acids is 1. The first kappa shape index (κ1) is 15.7. The number of carbonyl (C=O) groups is 1. The van der Waals surface area contributed by atoms with E-state index >= 15 is 0 Å². The summed E-state index contributed by atoms with van der Waals surface area (Å²) in [5.41, 5.74) is 2.46. The largest absolute Gasteiger partial charge is 0.345 e. The van der Waals surface area contributed by atoms with Crippen molar-refractivity contribution in [3.8, 4) is 11.8 Å². The molecule has 0 atom stereocenters. The zero-order valence-corrected chi connectivity index (χ0v) is 13.3. The lowest BCUT2D eigenvalue weighted by Gasteiger charge is -2.19. The number of nitrogens with zero attached hydrogens (tertiary/aromatic N) is 2. The zero-order valence-electron chi connectivity index (χ0n) is 13.3. The van der Waals surface area contributed by atoms with Crippen LogP contribution >= 0.6 is 0 Å². The van der Waals surface area contributed by atoms with Crippen LogP contribution in [0.4, 0.5) is 0 Å². The van der Waals surface area contributed by atoms with Crippen molar-refractivity contribution in [3.63, 3.8) is 0 Å². The van der Waals surface area contributed by atoms with Crippen molar-refractivity contribution in [3.05, 3.63) is 59.2 Å². The standard InChI is InChI=1S/C18H19N3O/c1-13-6-5-7-14(10-13)8-9-15-11-19-16(20-12-15)17(22)21-18(2,3)4/h5-7,10-12H,1-4H3,(H,21,22). The molecule has 4 nitrogen and oxygen atoms in total. The van der Waals surface area contributed by atoms with Gasteiger partial charge >= 0.3 is 0 Å². The molecule has 0 saturated carbocycles. The van der Waals surface area contributed by atoms with E-state index in [9.17, 15) is 4.79 Å². The molecule has 1 heterocycles. The van der Waals surface area contributed by atoms with Crippen molar-refractivity contribution in [1.29, 1.82) is 0 Å². The molecule has 1 N–H and O–H groups in total. The normalized spacial score (nSPS) is 10.5. The molecule has 0 spiro atoms. The van der Waals surface area contributed by atoms with Crippen LogP contribution in [0.15, 0.2) is 36.7 Å². The van der Waals surface area contributed by atoms with Gasteiger partial charge in [-0.15, -0.1) is 0 Å². The van der Waals surface area contributed by atoms with Crippen molar-refractivity contribution in [2.45, 2.75) is 33.2 Å². The summed E-state index contributed by atoms with van der Waals surface area (Å²) >= 11 is 0. The van der Waals surface area contributed by atoms with Crippen molar-refractivity contribution >= 4 is 5.91 Å². The quantitative estimate of drug-likeness (QED) is 0.823. The van der Waals surface area contributed by atoms with Gasteiger partial charge in [-0.2, -0.15) is 0 Å². The van der Waals surface area contributed by atoms with Gasteiger partial charge in [-0.05, 0) is 45.4 Å². The van der Waals surface area contributed by atoms with Gasteiger partial charge in [-0.1, -0.05) is 24.0 Å². The van der Waals surface area contributed by atoms with E-state index in [4.69, 9.17) is 0 Å². The molecule has 0 fully saturated rings. The van der Waals surface area contributed by atoms with Crippen molar-refractivity contribution < 1.29 is 4.79 Å². The number of hydrogen-bond donors (Lipinski definition) is 1. The van der Waals surface area contributed by atoms with Gasteiger partial charge in [0.05, 0.1) is 5.56 Å². The minimum Gasteiger partial charge on any atom is -0.345 e. The molecular formula is C18H19N3O. The molecule has 0 radical (unpaired) electrons. The molecule has 2 rings (SSSR count). The Hall–Kier alpha value is -2.67. The maximum atomic E-state index is 11.9. The van der Waals surface area contributed by atoms with Gasteiger partial charge in [0.25, 0.3) is 5.91 Å². The van der Waals surface area contributed by atoms with Crippen molar-refractivity contribution in [2.24, 2.45) is 0 Å². The predicted molar refractivity (Wildman–Crippen MR) is 86.4 cm³/mol. The molecule has 1 aromatic heterocycles.